The monoisotopic (exact) mass is 302 g/mol. The van der Waals surface area contributed by atoms with Crippen molar-refractivity contribution in [3.05, 3.63) is 29.1 Å². The molecule has 1 heterocycles. The van der Waals surface area contributed by atoms with E-state index < -0.39 is 18.6 Å². The lowest BCUT2D eigenvalue weighted by Gasteiger charge is -2.21. The zero-order chi connectivity index (χ0) is 14.9. The number of benzene rings is 1. The van der Waals surface area contributed by atoms with Gasteiger partial charge >= 0.3 is 6.18 Å². The van der Waals surface area contributed by atoms with Gasteiger partial charge in [0.05, 0.1) is 5.69 Å². The number of anilines is 1. The fraction of sp³-hybridized carbons (Fsp3) is 0.308. The van der Waals surface area contributed by atoms with Crippen molar-refractivity contribution in [1.82, 2.24) is 4.90 Å². The number of nitrogens with zero attached hydrogens (tertiary/aromatic N) is 1. The molecule has 0 aliphatic heterocycles. The molecule has 0 unspecified atom stereocenters. The molecule has 20 heavy (non-hydrogen) atoms. The van der Waals surface area contributed by atoms with Gasteiger partial charge in [0, 0.05) is 16.6 Å². The van der Waals surface area contributed by atoms with Crippen LogP contribution in [0.15, 0.2) is 24.3 Å². The number of carbonyl (C=O) groups is 1. The second kappa shape index (κ2) is 5.32. The molecule has 1 aromatic carbocycles. The predicted molar refractivity (Wildman–Crippen MR) is 73.9 cm³/mol. The van der Waals surface area contributed by atoms with Crippen LogP contribution in [0.3, 0.4) is 0 Å². The van der Waals surface area contributed by atoms with Gasteiger partial charge in [-0.15, -0.1) is 11.3 Å². The summed E-state index contributed by atoms with van der Waals surface area (Å²) in [4.78, 5) is 13.1. The zero-order valence-corrected chi connectivity index (χ0v) is 11.5. The minimum Gasteiger partial charge on any atom is -0.397 e. The smallest absolute Gasteiger partial charge is 0.397 e. The van der Waals surface area contributed by atoms with Gasteiger partial charge in [-0.3, -0.25) is 4.79 Å². The predicted octanol–water partition coefficient (Wildman–Crippen LogP) is 3.51. The summed E-state index contributed by atoms with van der Waals surface area (Å²) in [5, 5.41) is 0.698. The van der Waals surface area contributed by atoms with Crippen LogP contribution in [0.5, 0.6) is 0 Å². The van der Waals surface area contributed by atoms with Crippen molar-refractivity contribution < 1.29 is 18.0 Å². The first-order chi connectivity index (χ1) is 9.33. The fourth-order valence-electron chi connectivity index (χ4n) is 1.91. The summed E-state index contributed by atoms with van der Waals surface area (Å²) in [7, 11) is 0. The fourth-order valence-corrected chi connectivity index (χ4v) is 3.00. The van der Waals surface area contributed by atoms with E-state index in [0.29, 0.717) is 5.39 Å². The molecule has 0 bridgehead atoms. The summed E-state index contributed by atoms with van der Waals surface area (Å²) in [6.45, 7) is 0.217. The second-order valence-electron chi connectivity index (χ2n) is 4.28. The molecule has 2 N–H and O–H groups in total. The number of rotatable bonds is 3. The molecule has 3 nitrogen and oxygen atoms in total. The topological polar surface area (TPSA) is 46.3 Å². The summed E-state index contributed by atoms with van der Waals surface area (Å²) in [5.41, 5.74) is 6.12. The molecule has 2 aromatic rings. The molecule has 2 rings (SSSR count). The maximum Gasteiger partial charge on any atom is 0.406 e. The number of nitrogen functional groups attached to an aromatic ring is 1. The average molecular weight is 302 g/mol. The Balaban J connectivity index is 2.37. The third-order valence-corrected chi connectivity index (χ3v) is 4.04. The van der Waals surface area contributed by atoms with E-state index >= 15 is 0 Å². The van der Waals surface area contributed by atoms with Crippen molar-refractivity contribution in [1.29, 1.82) is 0 Å². The van der Waals surface area contributed by atoms with Crippen molar-refractivity contribution in [2.45, 2.75) is 13.1 Å². The van der Waals surface area contributed by atoms with Gasteiger partial charge in [0.25, 0.3) is 5.91 Å². The number of alkyl halides is 3. The molecule has 0 atom stereocenters. The van der Waals surface area contributed by atoms with Gasteiger partial charge in [-0.1, -0.05) is 18.2 Å². The number of halogens is 3. The number of fused-ring (bicyclic) bond motifs is 1. The highest BCUT2D eigenvalue weighted by atomic mass is 32.1. The van der Waals surface area contributed by atoms with Gasteiger partial charge in [0.2, 0.25) is 0 Å². The molecule has 0 spiro atoms. The van der Waals surface area contributed by atoms with E-state index in [-0.39, 0.29) is 17.1 Å². The Hall–Kier alpha value is -1.76. The maximum atomic E-state index is 12.5. The first kappa shape index (κ1) is 14.6. The largest absolute Gasteiger partial charge is 0.406 e. The molecule has 1 aromatic heterocycles. The third kappa shape index (κ3) is 2.87. The van der Waals surface area contributed by atoms with Crippen molar-refractivity contribution in [2.24, 2.45) is 0 Å². The number of nitrogens with two attached hydrogens (primary N) is 1. The van der Waals surface area contributed by atoms with Gasteiger partial charge in [0.1, 0.15) is 11.4 Å². The van der Waals surface area contributed by atoms with E-state index in [1.165, 1.54) is 6.92 Å². The van der Waals surface area contributed by atoms with Crippen LogP contribution in [0.25, 0.3) is 10.1 Å². The zero-order valence-electron chi connectivity index (χ0n) is 10.7. The van der Waals surface area contributed by atoms with Crippen LogP contribution in [-0.4, -0.2) is 30.1 Å². The Morgan fingerprint density at radius 1 is 1.35 bits per heavy atom. The van der Waals surface area contributed by atoms with E-state index in [2.05, 4.69) is 0 Å². The summed E-state index contributed by atoms with van der Waals surface area (Å²) in [5.74, 6) is -0.677. The van der Waals surface area contributed by atoms with Crippen molar-refractivity contribution in [3.8, 4) is 0 Å². The van der Waals surface area contributed by atoms with Crippen LogP contribution in [0.2, 0.25) is 0 Å². The molecular formula is C13H13F3N2OS. The molecule has 108 valence electrons. The third-order valence-electron chi connectivity index (χ3n) is 2.87. The van der Waals surface area contributed by atoms with Crippen LogP contribution in [-0.2, 0) is 0 Å². The van der Waals surface area contributed by atoms with Gasteiger partial charge < -0.3 is 10.6 Å². The number of amides is 1. The number of thiophene rings is 1. The average Bonchev–Trinajstić information content (AvgIpc) is 2.72. The molecular weight excluding hydrogens is 289 g/mol. The Labute approximate surface area is 117 Å². The highest BCUT2D eigenvalue weighted by Gasteiger charge is 2.33. The lowest BCUT2D eigenvalue weighted by Crippen LogP contribution is -2.38. The van der Waals surface area contributed by atoms with E-state index in [4.69, 9.17) is 5.73 Å². The molecule has 0 saturated carbocycles. The number of hydrogen-bond acceptors (Lipinski definition) is 3. The van der Waals surface area contributed by atoms with Gasteiger partial charge in [-0.05, 0) is 13.0 Å². The lowest BCUT2D eigenvalue weighted by molar-refractivity contribution is -0.140. The molecule has 7 heteroatoms. The molecule has 1 amide bonds. The second-order valence-corrected chi connectivity index (χ2v) is 5.33. The van der Waals surface area contributed by atoms with Crippen LogP contribution >= 0.6 is 11.3 Å². The van der Waals surface area contributed by atoms with Gasteiger partial charge in [-0.2, -0.15) is 13.2 Å². The van der Waals surface area contributed by atoms with Crippen LogP contribution in [0, 0.1) is 0 Å². The van der Waals surface area contributed by atoms with Crippen LogP contribution in [0.4, 0.5) is 18.9 Å². The first-order valence-electron chi connectivity index (χ1n) is 5.96. The SMILES string of the molecule is CCN(CC(F)(F)F)C(=O)c1sc2ccccc2c1N. The van der Waals surface area contributed by atoms with Crippen LogP contribution in [0.1, 0.15) is 16.6 Å². The summed E-state index contributed by atoms with van der Waals surface area (Å²) in [6, 6.07) is 7.10. The molecule has 0 saturated heterocycles. The Morgan fingerprint density at radius 3 is 2.55 bits per heavy atom. The van der Waals surface area contributed by atoms with E-state index in [1.807, 2.05) is 0 Å². The van der Waals surface area contributed by atoms with E-state index in [0.717, 1.165) is 20.9 Å². The molecule has 0 fully saturated rings. The molecule has 0 aliphatic carbocycles. The normalized spacial score (nSPS) is 11.8. The molecule has 0 radical (unpaired) electrons. The van der Waals surface area contributed by atoms with Crippen molar-refractivity contribution >= 4 is 33.0 Å². The standard InChI is InChI=1S/C13H13F3N2OS/c1-2-18(7-13(14,15)16)12(19)11-10(17)8-5-3-4-6-9(8)20-11/h3-6H,2,7,17H2,1H3. The summed E-state index contributed by atoms with van der Waals surface area (Å²) in [6.07, 6.45) is -4.42. The Kier molecular flexibility index (Phi) is 3.89. The minimum absolute atomic E-state index is 0.0218. The summed E-state index contributed by atoms with van der Waals surface area (Å²) >= 11 is 1.12. The Morgan fingerprint density at radius 2 is 2.00 bits per heavy atom. The van der Waals surface area contributed by atoms with Gasteiger partial charge in [0.15, 0.2) is 0 Å². The first-order valence-corrected chi connectivity index (χ1v) is 6.78. The van der Waals surface area contributed by atoms with E-state index in [1.54, 1.807) is 24.3 Å². The summed E-state index contributed by atoms with van der Waals surface area (Å²) < 4.78 is 38.1. The highest BCUT2D eigenvalue weighted by Crippen LogP contribution is 2.34. The maximum absolute atomic E-state index is 12.5. The number of hydrogen-bond donors (Lipinski definition) is 1. The quantitative estimate of drug-likeness (QED) is 0.943. The van der Waals surface area contributed by atoms with Crippen molar-refractivity contribution in [2.75, 3.05) is 18.8 Å². The Bertz CT molecular complexity index is 636. The highest BCUT2D eigenvalue weighted by molar-refractivity contribution is 7.21. The minimum atomic E-state index is -4.42. The molecule has 0 aliphatic rings. The number of carbonyl (C=O) groups excluding carboxylic acids is 1. The van der Waals surface area contributed by atoms with Crippen LogP contribution < -0.4 is 5.73 Å². The lowest BCUT2D eigenvalue weighted by atomic mass is 10.2. The van der Waals surface area contributed by atoms with Gasteiger partial charge in [-0.25, -0.2) is 0 Å². The van der Waals surface area contributed by atoms with E-state index in [9.17, 15) is 18.0 Å². The van der Waals surface area contributed by atoms with Crippen molar-refractivity contribution in [3.63, 3.8) is 0 Å².